The average molecular weight is 539 g/mol. The zero-order chi connectivity index (χ0) is 27.1. The van der Waals surface area contributed by atoms with Gasteiger partial charge in [-0.3, -0.25) is 14.3 Å². The number of ether oxygens (including phenoxy) is 1. The van der Waals surface area contributed by atoms with Gasteiger partial charge in [0.15, 0.2) is 0 Å². The van der Waals surface area contributed by atoms with Gasteiger partial charge in [0.05, 0.1) is 6.04 Å². The third kappa shape index (κ3) is 7.24. The fourth-order valence-electron chi connectivity index (χ4n) is 5.17. The highest BCUT2D eigenvalue weighted by molar-refractivity contribution is 8.10. The number of carbonyl (C=O) groups excluding carboxylic acids is 2. The van der Waals surface area contributed by atoms with Crippen molar-refractivity contribution in [2.45, 2.75) is 58.0 Å². The van der Waals surface area contributed by atoms with Crippen LogP contribution in [0.1, 0.15) is 59.7 Å². The number of anilines is 1. The summed E-state index contributed by atoms with van der Waals surface area (Å²) in [4.78, 5) is 28.7. The summed E-state index contributed by atoms with van der Waals surface area (Å²) < 4.78 is 10.4. The Morgan fingerprint density at radius 1 is 1.13 bits per heavy atom. The van der Waals surface area contributed by atoms with E-state index in [0.29, 0.717) is 25.3 Å². The van der Waals surface area contributed by atoms with Crippen LogP contribution in [0.15, 0.2) is 42.5 Å². The highest BCUT2D eigenvalue weighted by Crippen LogP contribution is 2.30. The molecule has 2 amide bonds. The summed E-state index contributed by atoms with van der Waals surface area (Å²) in [5.41, 5.74) is 5.46. The molecule has 206 valence electrons. The van der Waals surface area contributed by atoms with E-state index in [-0.39, 0.29) is 23.8 Å². The highest BCUT2D eigenvalue weighted by Gasteiger charge is 2.28. The van der Waals surface area contributed by atoms with Crippen molar-refractivity contribution < 1.29 is 14.3 Å². The summed E-state index contributed by atoms with van der Waals surface area (Å²) in [5, 5.41) is 3.38. The van der Waals surface area contributed by atoms with Crippen LogP contribution in [0.4, 0.5) is 5.69 Å². The maximum absolute atomic E-state index is 13.2. The van der Waals surface area contributed by atoms with Crippen molar-refractivity contribution in [1.29, 1.82) is 0 Å². The van der Waals surface area contributed by atoms with E-state index in [1.165, 1.54) is 16.7 Å². The summed E-state index contributed by atoms with van der Waals surface area (Å²) in [7, 11) is 3.20. The second-order valence-corrected chi connectivity index (χ2v) is 12.2. The van der Waals surface area contributed by atoms with Gasteiger partial charge in [0, 0.05) is 43.5 Å². The molecule has 4 rings (SSSR count). The van der Waals surface area contributed by atoms with Gasteiger partial charge < -0.3 is 15.0 Å². The molecule has 2 aromatic rings. The molecule has 0 saturated carbocycles. The van der Waals surface area contributed by atoms with E-state index in [2.05, 4.69) is 58.1 Å². The lowest BCUT2D eigenvalue weighted by Gasteiger charge is -2.31. The summed E-state index contributed by atoms with van der Waals surface area (Å²) in [6.45, 7) is 4.92. The van der Waals surface area contributed by atoms with Crippen molar-refractivity contribution in [3.63, 3.8) is 0 Å². The van der Waals surface area contributed by atoms with Crippen molar-refractivity contribution in [3.05, 3.63) is 64.7 Å². The lowest BCUT2D eigenvalue weighted by Crippen LogP contribution is -2.46. The number of hydrogen-bond donors (Lipinski definition) is 2. The first kappa shape index (κ1) is 28.3. The van der Waals surface area contributed by atoms with Crippen LogP contribution in [0, 0.1) is 5.92 Å². The van der Waals surface area contributed by atoms with Crippen LogP contribution in [-0.4, -0.2) is 61.9 Å². The Bertz CT molecular complexity index is 1150. The Hall–Kier alpha value is -2.68. The third-order valence-electron chi connectivity index (χ3n) is 7.46. The minimum atomic E-state index is -0.608. The van der Waals surface area contributed by atoms with E-state index in [0.717, 1.165) is 50.8 Å². The monoisotopic (exact) mass is 538 g/mol. The lowest BCUT2D eigenvalue weighted by atomic mass is 9.97. The molecule has 2 unspecified atom stereocenters. The Morgan fingerprint density at radius 2 is 1.87 bits per heavy atom. The van der Waals surface area contributed by atoms with Crippen LogP contribution in [-0.2, 0) is 28.9 Å². The second kappa shape index (κ2) is 13.4. The number of nitrogens with one attached hydrogen (secondary N) is 2. The van der Waals surface area contributed by atoms with Crippen molar-refractivity contribution in [1.82, 2.24) is 14.3 Å². The molecular weight excluding hydrogens is 496 g/mol. The van der Waals surface area contributed by atoms with Gasteiger partial charge in [0.25, 0.3) is 5.91 Å². The van der Waals surface area contributed by atoms with E-state index in [4.69, 9.17) is 4.74 Å². The molecule has 2 aliphatic heterocycles. The van der Waals surface area contributed by atoms with E-state index in [9.17, 15) is 9.59 Å². The summed E-state index contributed by atoms with van der Waals surface area (Å²) in [6.07, 6.45) is 5.47. The normalized spacial score (nSPS) is 18.9. The number of hydrogen-bond acceptors (Lipinski definition) is 5. The predicted octanol–water partition coefficient (Wildman–Crippen LogP) is 4.33. The molecule has 0 aromatic heterocycles. The first-order chi connectivity index (χ1) is 18.4. The van der Waals surface area contributed by atoms with Gasteiger partial charge in [0.1, 0.15) is 0 Å². The smallest absolute Gasteiger partial charge is 0.261 e. The van der Waals surface area contributed by atoms with Gasteiger partial charge in [-0.25, -0.2) is 4.31 Å². The molecule has 2 atom stereocenters. The summed E-state index contributed by atoms with van der Waals surface area (Å²) in [5.74, 6) is 4.06. The van der Waals surface area contributed by atoms with Crippen molar-refractivity contribution in [3.8, 4) is 0 Å². The molecule has 1 fully saturated rings. The minimum Gasteiger partial charge on any atom is -0.381 e. The first-order valence-electron chi connectivity index (χ1n) is 13.7. The zero-order valence-corrected chi connectivity index (χ0v) is 23.8. The fourth-order valence-corrected chi connectivity index (χ4v) is 5.69. The largest absolute Gasteiger partial charge is 0.381 e. The van der Waals surface area contributed by atoms with Crippen molar-refractivity contribution in [2.75, 3.05) is 38.8 Å². The lowest BCUT2D eigenvalue weighted by molar-refractivity contribution is -0.128. The molecule has 0 bridgehead atoms. The van der Waals surface area contributed by atoms with E-state index in [1.807, 2.05) is 30.5 Å². The molecule has 2 aromatic carbocycles. The number of aryl methyl sites for hydroxylation is 1. The molecule has 0 aliphatic carbocycles. The van der Waals surface area contributed by atoms with E-state index < -0.39 is 10.9 Å². The number of fused-ring (bicyclic) bond motifs is 1. The van der Waals surface area contributed by atoms with Crippen molar-refractivity contribution in [2.24, 2.45) is 5.92 Å². The van der Waals surface area contributed by atoms with Crippen LogP contribution in [0.25, 0.3) is 0 Å². The number of nitrogens with zero attached hydrogens (tertiary/aromatic N) is 2. The maximum atomic E-state index is 13.2. The van der Waals surface area contributed by atoms with Gasteiger partial charge in [-0.2, -0.15) is 0 Å². The number of carbonyl (C=O) groups is 2. The quantitative estimate of drug-likeness (QED) is 0.465. The Labute approximate surface area is 230 Å². The van der Waals surface area contributed by atoms with Crippen LogP contribution >= 0.6 is 10.9 Å². The minimum absolute atomic E-state index is 0.0102. The summed E-state index contributed by atoms with van der Waals surface area (Å²) >= 11 is 0. The molecule has 38 heavy (non-hydrogen) atoms. The van der Waals surface area contributed by atoms with E-state index >= 15 is 0 Å². The Morgan fingerprint density at radius 3 is 2.58 bits per heavy atom. The Kier molecular flexibility index (Phi) is 9.99. The fraction of sp³-hybridized carbons (Fsp3) is 0.500. The number of amides is 2. The molecular formula is C30H42N4O3S. The van der Waals surface area contributed by atoms with Crippen LogP contribution in [0.2, 0.25) is 0 Å². The van der Waals surface area contributed by atoms with Gasteiger partial charge in [-0.1, -0.05) is 43.7 Å². The molecule has 8 heteroatoms. The molecule has 1 saturated heterocycles. The zero-order valence-electron chi connectivity index (χ0n) is 23.0. The van der Waals surface area contributed by atoms with Gasteiger partial charge in [0.2, 0.25) is 5.91 Å². The molecule has 7 nitrogen and oxygen atoms in total. The standard InChI is InChI=1S/C30H42N4O3S/c1-5-6-9-22-12-13-25(30(36)32-38(4)33(2)3)19-28(22)34-20-26-11-8-7-10-24(26)18-27(21-34)31-29(35)23-14-16-37-17-15-23/h7-8,10-13,19,23,27H,4-6,9,14-18,20-21H2,1-3H3,(H,31,35)(H,32,36). The van der Waals surface area contributed by atoms with Gasteiger partial charge in [-0.15, -0.1) is 0 Å². The Balaban J connectivity index is 1.65. The number of benzene rings is 2. The maximum Gasteiger partial charge on any atom is 0.261 e. The SMILES string of the molecule is C=S(NC(=O)c1ccc(CCCC)c(N2Cc3ccccc3CC(NC(=O)C3CCOCC3)C2)c1)N(C)C. The average Bonchev–Trinajstić information content (AvgIpc) is 3.11. The van der Waals surface area contributed by atoms with Crippen LogP contribution in [0.5, 0.6) is 0 Å². The molecule has 2 N–H and O–H groups in total. The molecule has 2 aliphatic rings. The molecule has 0 spiro atoms. The van der Waals surface area contributed by atoms with Gasteiger partial charge >= 0.3 is 0 Å². The number of rotatable bonds is 9. The second-order valence-electron chi connectivity index (χ2n) is 10.5. The summed E-state index contributed by atoms with van der Waals surface area (Å²) in [6, 6.07) is 14.5. The molecule has 0 radical (unpaired) electrons. The van der Waals surface area contributed by atoms with Crippen molar-refractivity contribution >= 4 is 34.2 Å². The third-order valence-corrected chi connectivity index (χ3v) is 8.77. The predicted molar refractivity (Wildman–Crippen MR) is 158 cm³/mol. The van der Waals surface area contributed by atoms with Crippen LogP contribution in [0.3, 0.4) is 0 Å². The van der Waals surface area contributed by atoms with Gasteiger partial charge in [-0.05, 0) is 91.7 Å². The topological polar surface area (TPSA) is 73.9 Å². The first-order valence-corrected chi connectivity index (χ1v) is 15.1. The van der Waals surface area contributed by atoms with E-state index in [1.54, 1.807) is 0 Å². The van der Waals surface area contributed by atoms with Crippen LogP contribution < -0.4 is 14.9 Å². The highest BCUT2D eigenvalue weighted by atomic mass is 32.2. The number of unbranched alkanes of at least 4 members (excludes halogenated alkanes) is 1. The molecule has 2 heterocycles.